The fraction of sp³-hybridized carbons (Fsp3) is 0.583. The Labute approximate surface area is 101 Å². The van der Waals surface area contributed by atoms with Gasteiger partial charge in [-0.15, -0.1) is 0 Å². The number of nitrogens with two attached hydrogens (primary N) is 1. The fourth-order valence-corrected chi connectivity index (χ4v) is 2.11. The van der Waals surface area contributed by atoms with Crippen LogP contribution >= 0.6 is 11.3 Å². The van der Waals surface area contributed by atoms with E-state index in [2.05, 4.69) is 16.1 Å². The van der Waals surface area contributed by atoms with Gasteiger partial charge in [0.05, 0.1) is 6.04 Å². The molecule has 0 aliphatic carbocycles. The fourth-order valence-electron chi connectivity index (χ4n) is 1.25. The molecule has 1 rings (SSSR count). The van der Waals surface area contributed by atoms with Crippen LogP contribution in [0.2, 0.25) is 0 Å². The molecule has 0 radical (unpaired) electrons. The standard InChI is InChI=1S/C12H20N2OS/c1-8-6-16-7-9(8)5-14-11(15)10(13)12(2,3)4/h6-7,10H,5,13H2,1-4H3,(H,14,15)/t10-/m1/s1. The molecule has 0 unspecified atom stereocenters. The second-order valence-corrected chi connectivity index (χ2v) is 5.89. The lowest BCUT2D eigenvalue weighted by Gasteiger charge is -2.25. The van der Waals surface area contributed by atoms with Crippen LogP contribution in [-0.4, -0.2) is 11.9 Å². The van der Waals surface area contributed by atoms with Gasteiger partial charge in [-0.25, -0.2) is 0 Å². The summed E-state index contributed by atoms with van der Waals surface area (Å²) in [5.74, 6) is -0.0851. The highest BCUT2D eigenvalue weighted by molar-refractivity contribution is 7.08. The molecule has 1 heterocycles. The summed E-state index contributed by atoms with van der Waals surface area (Å²) in [6, 6.07) is -0.466. The van der Waals surface area contributed by atoms with E-state index in [1.807, 2.05) is 27.7 Å². The van der Waals surface area contributed by atoms with E-state index >= 15 is 0 Å². The molecule has 1 amide bonds. The lowest BCUT2D eigenvalue weighted by atomic mass is 9.87. The number of carbonyl (C=O) groups excluding carboxylic acids is 1. The third-order valence-corrected chi connectivity index (χ3v) is 3.54. The van der Waals surface area contributed by atoms with Crippen molar-refractivity contribution in [2.45, 2.75) is 40.3 Å². The molecule has 0 bridgehead atoms. The SMILES string of the molecule is Cc1cscc1CNC(=O)[C@@H](N)C(C)(C)C. The molecule has 16 heavy (non-hydrogen) atoms. The van der Waals surface area contributed by atoms with Crippen LogP contribution in [0.1, 0.15) is 31.9 Å². The molecule has 3 nitrogen and oxygen atoms in total. The van der Waals surface area contributed by atoms with Crippen LogP contribution in [0.3, 0.4) is 0 Å². The van der Waals surface area contributed by atoms with E-state index in [-0.39, 0.29) is 11.3 Å². The van der Waals surface area contributed by atoms with Gasteiger partial charge in [0.15, 0.2) is 0 Å². The molecule has 0 fully saturated rings. The van der Waals surface area contributed by atoms with E-state index in [4.69, 9.17) is 5.73 Å². The first-order valence-electron chi connectivity index (χ1n) is 5.37. The second-order valence-electron chi connectivity index (χ2n) is 5.14. The van der Waals surface area contributed by atoms with E-state index in [9.17, 15) is 4.79 Å². The Morgan fingerprint density at radius 2 is 2.12 bits per heavy atom. The van der Waals surface area contributed by atoms with Gasteiger partial charge in [-0.1, -0.05) is 20.8 Å². The average Bonchev–Trinajstić information content (AvgIpc) is 2.58. The van der Waals surface area contributed by atoms with Crippen LogP contribution < -0.4 is 11.1 Å². The molecule has 0 spiro atoms. The van der Waals surface area contributed by atoms with E-state index < -0.39 is 6.04 Å². The highest BCUT2D eigenvalue weighted by Gasteiger charge is 2.27. The van der Waals surface area contributed by atoms with Crippen molar-refractivity contribution in [3.05, 3.63) is 21.9 Å². The third kappa shape index (κ3) is 3.32. The minimum absolute atomic E-state index is 0.0851. The van der Waals surface area contributed by atoms with Gasteiger partial charge in [0.1, 0.15) is 0 Å². The summed E-state index contributed by atoms with van der Waals surface area (Å²) in [6.45, 7) is 8.51. The van der Waals surface area contributed by atoms with Crippen molar-refractivity contribution < 1.29 is 4.79 Å². The molecular formula is C12H20N2OS. The summed E-state index contributed by atoms with van der Waals surface area (Å²) in [6.07, 6.45) is 0. The Balaban J connectivity index is 2.51. The molecule has 0 aromatic carbocycles. The molecule has 1 atom stereocenters. The van der Waals surface area contributed by atoms with Crippen LogP contribution in [-0.2, 0) is 11.3 Å². The van der Waals surface area contributed by atoms with E-state index in [1.165, 1.54) is 11.1 Å². The number of rotatable bonds is 3. The van der Waals surface area contributed by atoms with Gasteiger partial charge in [0.2, 0.25) is 5.91 Å². The Kier molecular flexibility index (Phi) is 4.10. The summed E-state index contributed by atoms with van der Waals surface area (Å²) < 4.78 is 0. The molecule has 0 aliphatic rings. The first-order valence-corrected chi connectivity index (χ1v) is 6.31. The maximum absolute atomic E-state index is 11.8. The van der Waals surface area contributed by atoms with Gasteiger partial charge in [-0.05, 0) is 34.2 Å². The van der Waals surface area contributed by atoms with Crippen molar-refractivity contribution in [2.24, 2.45) is 11.1 Å². The summed E-state index contributed by atoms with van der Waals surface area (Å²) in [5.41, 5.74) is 8.05. The number of nitrogens with one attached hydrogen (secondary N) is 1. The monoisotopic (exact) mass is 240 g/mol. The highest BCUT2D eigenvalue weighted by Crippen LogP contribution is 2.18. The van der Waals surface area contributed by atoms with E-state index in [0.717, 1.165) is 0 Å². The zero-order valence-corrected chi connectivity index (χ0v) is 11.1. The lowest BCUT2D eigenvalue weighted by molar-refractivity contribution is -0.124. The van der Waals surface area contributed by atoms with E-state index in [0.29, 0.717) is 6.54 Å². The topological polar surface area (TPSA) is 55.1 Å². The Hall–Kier alpha value is -0.870. The minimum Gasteiger partial charge on any atom is -0.351 e. The van der Waals surface area contributed by atoms with Crippen LogP contribution in [0.4, 0.5) is 0 Å². The van der Waals surface area contributed by atoms with Crippen molar-refractivity contribution in [3.63, 3.8) is 0 Å². The van der Waals surface area contributed by atoms with Crippen molar-refractivity contribution in [1.82, 2.24) is 5.32 Å². The van der Waals surface area contributed by atoms with Crippen molar-refractivity contribution in [3.8, 4) is 0 Å². The van der Waals surface area contributed by atoms with Crippen molar-refractivity contribution in [1.29, 1.82) is 0 Å². The first-order chi connectivity index (χ1) is 7.32. The number of aryl methyl sites for hydroxylation is 1. The first kappa shape index (κ1) is 13.2. The van der Waals surface area contributed by atoms with Gasteiger partial charge in [0, 0.05) is 6.54 Å². The quantitative estimate of drug-likeness (QED) is 0.849. The Morgan fingerprint density at radius 3 is 2.56 bits per heavy atom. The number of carbonyl (C=O) groups is 1. The molecule has 1 aromatic heterocycles. The predicted molar refractivity (Wildman–Crippen MR) is 68.3 cm³/mol. The molecule has 4 heteroatoms. The third-order valence-electron chi connectivity index (χ3n) is 2.63. The highest BCUT2D eigenvalue weighted by atomic mass is 32.1. The molecule has 0 aliphatic heterocycles. The van der Waals surface area contributed by atoms with Crippen molar-refractivity contribution in [2.75, 3.05) is 0 Å². The molecule has 3 N–H and O–H groups in total. The number of hydrogen-bond donors (Lipinski definition) is 2. The summed E-state index contributed by atoms with van der Waals surface area (Å²) in [4.78, 5) is 11.8. The molecule has 90 valence electrons. The Bertz CT molecular complexity index is 365. The maximum atomic E-state index is 11.8. The van der Waals surface area contributed by atoms with Gasteiger partial charge in [-0.3, -0.25) is 4.79 Å². The largest absolute Gasteiger partial charge is 0.351 e. The average molecular weight is 240 g/mol. The smallest absolute Gasteiger partial charge is 0.237 e. The van der Waals surface area contributed by atoms with Crippen LogP contribution in [0.5, 0.6) is 0 Å². The summed E-state index contributed by atoms with van der Waals surface area (Å²) >= 11 is 1.65. The number of hydrogen-bond acceptors (Lipinski definition) is 3. The van der Waals surface area contributed by atoms with Gasteiger partial charge < -0.3 is 11.1 Å². The van der Waals surface area contributed by atoms with Gasteiger partial charge in [-0.2, -0.15) is 11.3 Å². The number of amides is 1. The molecule has 0 saturated carbocycles. The summed E-state index contributed by atoms with van der Waals surface area (Å²) in [7, 11) is 0. The van der Waals surface area contributed by atoms with Crippen LogP contribution in [0.15, 0.2) is 10.8 Å². The zero-order valence-electron chi connectivity index (χ0n) is 10.3. The predicted octanol–water partition coefficient (Wildman–Crippen LogP) is 2.05. The zero-order chi connectivity index (χ0) is 12.3. The number of thiophene rings is 1. The minimum atomic E-state index is -0.466. The maximum Gasteiger partial charge on any atom is 0.237 e. The van der Waals surface area contributed by atoms with Crippen LogP contribution in [0.25, 0.3) is 0 Å². The van der Waals surface area contributed by atoms with Crippen LogP contribution in [0, 0.1) is 12.3 Å². The van der Waals surface area contributed by atoms with Gasteiger partial charge >= 0.3 is 0 Å². The van der Waals surface area contributed by atoms with Gasteiger partial charge in [0.25, 0.3) is 0 Å². The van der Waals surface area contributed by atoms with E-state index in [1.54, 1.807) is 11.3 Å². The Morgan fingerprint density at radius 1 is 1.50 bits per heavy atom. The molecule has 0 saturated heterocycles. The second kappa shape index (κ2) is 4.97. The normalized spacial score (nSPS) is 13.6. The summed E-state index contributed by atoms with van der Waals surface area (Å²) in [5, 5.41) is 7.00. The van der Waals surface area contributed by atoms with Crippen molar-refractivity contribution >= 4 is 17.2 Å². The molecular weight excluding hydrogens is 220 g/mol. The molecule has 1 aromatic rings. The lowest BCUT2D eigenvalue weighted by Crippen LogP contribution is -2.48.